The number of nitrogens with one attached hydrogen (secondary N) is 2. The summed E-state index contributed by atoms with van der Waals surface area (Å²) in [6.45, 7) is 5.33. The zero-order valence-electron chi connectivity index (χ0n) is 15.7. The Labute approximate surface area is 154 Å². The Bertz CT molecular complexity index is 642. The lowest BCUT2D eigenvalue weighted by molar-refractivity contribution is -0.154. The van der Waals surface area contributed by atoms with Gasteiger partial charge in [-0.15, -0.1) is 0 Å². The number of carbonyl (C=O) groups is 3. The minimum atomic E-state index is -0.882. The molecule has 1 aliphatic rings. The van der Waals surface area contributed by atoms with Crippen molar-refractivity contribution in [2.75, 3.05) is 6.54 Å². The van der Waals surface area contributed by atoms with Crippen molar-refractivity contribution in [3.05, 3.63) is 35.4 Å². The third kappa shape index (κ3) is 5.86. The number of benzene rings is 1. The first-order chi connectivity index (χ1) is 12.4. The quantitative estimate of drug-likeness (QED) is 0.763. The van der Waals surface area contributed by atoms with Crippen LogP contribution in [0.1, 0.15) is 55.5 Å². The molecular weight excluding hydrogens is 332 g/mol. The average Bonchev–Trinajstić information content (AvgIpc) is 2.62. The molecule has 1 fully saturated rings. The van der Waals surface area contributed by atoms with Crippen molar-refractivity contribution in [3.63, 3.8) is 0 Å². The summed E-state index contributed by atoms with van der Waals surface area (Å²) in [5, 5.41) is 5.47. The molecule has 142 valence electrons. The Morgan fingerprint density at radius 1 is 1.15 bits per heavy atom. The summed E-state index contributed by atoms with van der Waals surface area (Å²) in [4.78, 5) is 36.1. The molecule has 0 unspecified atom stereocenters. The molecule has 2 N–H and O–H groups in total. The number of ether oxygens (including phenoxy) is 1. The Balaban J connectivity index is 1.74. The topological polar surface area (TPSA) is 84.5 Å². The molecule has 1 saturated carbocycles. The highest BCUT2D eigenvalue weighted by Crippen LogP contribution is 2.23. The number of hydrogen-bond donors (Lipinski definition) is 2. The van der Waals surface area contributed by atoms with E-state index in [0.717, 1.165) is 24.8 Å². The second kappa shape index (κ2) is 9.36. The number of carbonyl (C=O) groups excluding carboxylic acids is 3. The fraction of sp³-hybridized carbons (Fsp3) is 0.550. The van der Waals surface area contributed by atoms with Gasteiger partial charge in [-0.1, -0.05) is 37.5 Å². The lowest BCUT2D eigenvalue weighted by Gasteiger charge is -2.30. The molecule has 2 rings (SSSR count). The molecule has 0 heterocycles. The highest BCUT2D eigenvalue weighted by Gasteiger charge is 2.26. The highest BCUT2D eigenvalue weighted by atomic mass is 16.5. The third-order valence-electron chi connectivity index (χ3n) is 4.82. The SMILES string of the molecule is Cc1ccc(C(=O)NCC(=O)O[C@H](C)C(=O)N[C@H]2CCCC[C@@H]2C)cc1. The fourth-order valence-electron chi connectivity index (χ4n) is 3.08. The van der Waals surface area contributed by atoms with Gasteiger partial charge in [0.05, 0.1) is 0 Å². The van der Waals surface area contributed by atoms with Gasteiger partial charge >= 0.3 is 5.97 Å². The molecule has 0 saturated heterocycles. The standard InChI is InChI=1S/C20H28N2O4/c1-13-8-10-16(11-9-13)20(25)21-12-18(23)26-15(3)19(24)22-17-7-5-4-6-14(17)2/h8-11,14-15,17H,4-7,12H2,1-3H3,(H,21,25)(H,22,24)/t14-,15+,17-/m0/s1. The van der Waals surface area contributed by atoms with Gasteiger partial charge < -0.3 is 15.4 Å². The minimum absolute atomic E-state index is 0.138. The Kier molecular flexibility index (Phi) is 7.18. The van der Waals surface area contributed by atoms with Gasteiger partial charge in [0.2, 0.25) is 0 Å². The minimum Gasteiger partial charge on any atom is -0.451 e. The number of hydrogen-bond acceptors (Lipinski definition) is 4. The van der Waals surface area contributed by atoms with Crippen LogP contribution in [0.25, 0.3) is 0 Å². The van der Waals surface area contributed by atoms with Crippen molar-refractivity contribution in [2.24, 2.45) is 5.92 Å². The van der Waals surface area contributed by atoms with Crippen molar-refractivity contribution in [1.29, 1.82) is 0 Å². The summed E-state index contributed by atoms with van der Waals surface area (Å²) in [5.74, 6) is -0.841. The van der Waals surface area contributed by atoms with Crippen molar-refractivity contribution in [1.82, 2.24) is 10.6 Å². The molecule has 6 heteroatoms. The van der Waals surface area contributed by atoms with Gasteiger partial charge in [-0.05, 0) is 44.7 Å². The smallest absolute Gasteiger partial charge is 0.326 e. The fourth-order valence-corrected chi connectivity index (χ4v) is 3.08. The Morgan fingerprint density at radius 3 is 2.46 bits per heavy atom. The predicted molar refractivity (Wildman–Crippen MR) is 98.6 cm³/mol. The third-order valence-corrected chi connectivity index (χ3v) is 4.82. The first kappa shape index (κ1) is 19.9. The second-order valence-electron chi connectivity index (χ2n) is 7.06. The summed E-state index contributed by atoms with van der Waals surface area (Å²) in [7, 11) is 0. The predicted octanol–water partition coefficient (Wildman–Crippen LogP) is 2.35. The number of aryl methyl sites for hydroxylation is 1. The van der Waals surface area contributed by atoms with Gasteiger partial charge in [-0.3, -0.25) is 14.4 Å². The molecule has 1 aliphatic carbocycles. The lowest BCUT2D eigenvalue weighted by atomic mass is 9.86. The average molecular weight is 360 g/mol. The van der Waals surface area contributed by atoms with E-state index >= 15 is 0 Å². The van der Waals surface area contributed by atoms with E-state index < -0.39 is 12.1 Å². The van der Waals surface area contributed by atoms with Crippen LogP contribution in [-0.4, -0.2) is 36.5 Å². The summed E-state index contributed by atoms with van der Waals surface area (Å²) in [6, 6.07) is 7.17. The van der Waals surface area contributed by atoms with Crippen LogP contribution in [0.2, 0.25) is 0 Å². The number of amides is 2. The first-order valence-electron chi connectivity index (χ1n) is 9.21. The summed E-state index contributed by atoms with van der Waals surface area (Å²) in [6.07, 6.45) is 3.48. The zero-order chi connectivity index (χ0) is 19.1. The Morgan fingerprint density at radius 2 is 1.81 bits per heavy atom. The molecule has 2 amide bonds. The molecule has 0 spiro atoms. The maximum absolute atomic E-state index is 12.2. The molecule has 3 atom stereocenters. The zero-order valence-corrected chi connectivity index (χ0v) is 15.7. The molecular formula is C20H28N2O4. The maximum atomic E-state index is 12.2. The maximum Gasteiger partial charge on any atom is 0.326 e. The van der Waals surface area contributed by atoms with E-state index in [-0.39, 0.29) is 24.4 Å². The van der Waals surface area contributed by atoms with Gasteiger partial charge in [0, 0.05) is 11.6 Å². The van der Waals surface area contributed by atoms with Crippen LogP contribution in [0.3, 0.4) is 0 Å². The van der Waals surface area contributed by atoms with Crippen molar-refractivity contribution >= 4 is 17.8 Å². The lowest BCUT2D eigenvalue weighted by Crippen LogP contribution is -2.46. The summed E-state index contributed by atoms with van der Waals surface area (Å²) in [5.41, 5.74) is 1.52. The molecule has 1 aromatic rings. The van der Waals surface area contributed by atoms with E-state index in [1.54, 1.807) is 19.1 Å². The monoisotopic (exact) mass is 360 g/mol. The molecule has 1 aromatic carbocycles. The van der Waals surface area contributed by atoms with Gasteiger partial charge in [0.25, 0.3) is 11.8 Å². The van der Waals surface area contributed by atoms with Crippen LogP contribution >= 0.6 is 0 Å². The van der Waals surface area contributed by atoms with E-state index in [9.17, 15) is 14.4 Å². The molecule has 0 aromatic heterocycles. The van der Waals surface area contributed by atoms with Crippen LogP contribution in [0, 0.1) is 12.8 Å². The summed E-state index contributed by atoms with van der Waals surface area (Å²) >= 11 is 0. The molecule has 0 radical (unpaired) electrons. The van der Waals surface area contributed by atoms with Gasteiger partial charge in [0.1, 0.15) is 6.54 Å². The highest BCUT2D eigenvalue weighted by molar-refractivity contribution is 5.96. The van der Waals surface area contributed by atoms with Gasteiger partial charge in [-0.2, -0.15) is 0 Å². The van der Waals surface area contributed by atoms with Gasteiger partial charge in [-0.25, -0.2) is 0 Å². The van der Waals surface area contributed by atoms with Crippen molar-refractivity contribution < 1.29 is 19.1 Å². The van der Waals surface area contributed by atoms with Crippen LogP contribution in [0.4, 0.5) is 0 Å². The molecule has 26 heavy (non-hydrogen) atoms. The van der Waals surface area contributed by atoms with E-state index in [0.29, 0.717) is 11.5 Å². The van der Waals surface area contributed by atoms with Crippen LogP contribution in [0.5, 0.6) is 0 Å². The first-order valence-corrected chi connectivity index (χ1v) is 9.21. The van der Waals surface area contributed by atoms with E-state index in [4.69, 9.17) is 4.74 Å². The largest absolute Gasteiger partial charge is 0.451 e. The van der Waals surface area contributed by atoms with Crippen LogP contribution in [0.15, 0.2) is 24.3 Å². The van der Waals surface area contributed by atoms with Crippen LogP contribution in [-0.2, 0) is 14.3 Å². The Hall–Kier alpha value is -2.37. The van der Waals surface area contributed by atoms with Crippen molar-refractivity contribution in [2.45, 2.75) is 58.6 Å². The normalized spacial score (nSPS) is 20.7. The number of esters is 1. The summed E-state index contributed by atoms with van der Waals surface area (Å²) < 4.78 is 5.13. The van der Waals surface area contributed by atoms with Crippen LogP contribution < -0.4 is 10.6 Å². The molecule has 6 nitrogen and oxygen atoms in total. The van der Waals surface area contributed by atoms with Gasteiger partial charge in [0.15, 0.2) is 6.10 Å². The second-order valence-corrected chi connectivity index (χ2v) is 7.06. The van der Waals surface area contributed by atoms with E-state index in [1.807, 2.05) is 19.1 Å². The molecule has 0 aliphatic heterocycles. The van der Waals surface area contributed by atoms with E-state index in [2.05, 4.69) is 17.6 Å². The van der Waals surface area contributed by atoms with E-state index in [1.165, 1.54) is 6.42 Å². The number of rotatable bonds is 6. The molecule has 0 bridgehead atoms. The van der Waals surface area contributed by atoms with Crippen molar-refractivity contribution in [3.8, 4) is 0 Å².